The fourth-order valence-corrected chi connectivity index (χ4v) is 1.77. The number of aromatic nitrogens is 1. The molecule has 2 nitrogen and oxygen atoms in total. The van der Waals surface area contributed by atoms with E-state index in [0.29, 0.717) is 10.9 Å². The Morgan fingerprint density at radius 3 is 2.75 bits per heavy atom. The molecule has 0 aliphatic rings. The maximum Gasteiger partial charge on any atom is 0.221 e. The van der Waals surface area contributed by atoms with E-state index in [9.17, 15) is 0 Å². The van der Waals surface area contributed by atoms with E-state index in [4.69, 9.17) is 16.3 Å². The summed E-state index contributed by atoms with van der Waals surface area (Å²) in [6.07, 6.45) is 1.78. The molecule has 3 heteroatoms. The molecule has 0 bridgehead atoms. The summed E-state index contributed by atoms with van der Waals surface area (Å²) in [5.74, 6) is 0.618. The van der Waals surface area contributed by atoms with Crippen molar-refractivity contribution >= 4 is 11.6 Å². The number of pyridine rings is 1. The molecule has 1 aromatic heterocycles. The predicted octanol–water partition coefficient (Wildman–Crippen LogP) is 3.72. The van der Waals surface area contributed by atoms with Gasteiger partial charge in [-0.05, 0) is 36.2 Å². The van der Waals surface area contributed by atoms with Crippen molar-refractivity contribution in [1.29, 1.82) is 0 Å². The highest BCUT2D eigenvalue weighted by Crippen LogP contribution is 2.30. The SMILES string of the molecule is COc1ncc(C)cc1-c1cccc(Cl)c1. The Morgan fingerprint density at radius 2 is 2.06 bits per heavy atom. The highest BCUT2D eigenvalue weighted by molar-refractivity contribution is 6.30. The van der Waals surface area contributed by atoms with Gasteiger partial charge in [-0.1, -0.05) is 23.7 Å². The molecule has 2 rings (SSSR count). The second kappa shape index (κ2) is 4.54. The maximum absolute atomic E-state index is 5.97. The first-order valence-corrected chi connectivity index (χ1v) is 5.35. The molecular weight excluding hydrogens is 222 g/mol. The van der Waals surface area contributed by atoms with Crippen molar-refractivity contribution in [2.24, 2.45) is 0 Å². The molecule has 0 unspecified atom stereocenters. The van der Waals surface area contributed by atoms with Crippen LogP contribution in [0, 0.1) is 6.92 Å². The Morgan fingerprint density at radius 1 is 1.25 bits per heavy atom. The number of ether oxygens (including phenoxy) is 1. The summed E-state index contributed by atoms with van der Waals surface area (Å²) in [7, 11) is 1.62. The van der Waals surface area contributed by atoms with Crippen molar-refractivity contribution in [3.05, 3.63) is 47.1 Å². The Bertz CT molecular complexity index is 511. The van der Waals surface area contributed by atoms with Gasteiger partial charge in [-0.2, -0.15) is 0 Å². The molecule has 1 heterocycles. The highest BCUT2D eigenvalue weighted by atomic mass is 35.5. The van der Waals surface area contributed by atoms with Gasteiger partial charge in [-0.3, -0.25) is 0 Å². The normalized spacial score (nSPS) is 10.2. The average Bonchev–Trinajstić information content (AvgIpc) is 2.29. The first kappa shape index (κ1) is 11.0. The zero-order valence-electron chi connectivity index (χ0n) is 9.20. The third kappa shape index (κ3) is 2.17. The number of benzene rings is 1. The number of rotatable bonds is 2. The van der Waals surface area contributed by atoms with Crippen LogP contribution < -0.4 is 4.74 Å². The molecule has 0 saturated heterocycles. The van der Waals surface area contributed by atoms with Crippen LogP contribution in [0.2, 0.25) is 5.02 Å². The first-order chi connectivity index (χ1) is 7.70. The second-order valence-electron chi connectivity index (χ2n) is 3.58. The van der Waals surface area contributed by atoms with Crippen LogP contribution in [-0.2, 0) is 0 Å². The third-order valence-corrected chi connectivity index (χ3v) is 2.55. The zero-order chi connectivity index (χ0) is 11.5. The Hall–Kier alpha value is -1.54. The monoisotopic (exact) mass is 233 g/mol. The molecule has 0 N–H and O–H groups in total. The number of hydrogen-bond donors (Lipinski definition) is 0. The van der Waals surface area contributed by atoms with Gasteiger partial charge in [0.15, 0.2) is 0 Å². The predicted molar refractivity (Wildman–Crippen MR) is 66.0 cm³/mol. The van der Waals surface area contributed by atoms with Crippen molar-refractivity contribution < 1.29 is 4.74 Å². The van der Waals surface area contributed by atoms with Crippen molar-refractivity contribution in [3.63, 3.8) is 0 Å². The van der Waals surface area contributed by atoms with Crippen LogP contribution in [0.4, 0.5) is 0 Å². The van der Waals surface area contributed by atoms with E-state index in [2.05, 4.69) is 4.98 Å². The molecule has 0 spiro atoms. The minimum atomic E-state index is 0.618. The van der Waals surface area contributed by atoms with E-state index in [1.54, 1.807) is 13.3 Å². The van der Waals surface area contributed by atoms with Gasteiger partial charge in [0.25, 0.3) is 0 Å². The molecular formula is C13H12ClNO. The zero-order valence-corrected chi connectivity index (χ0v) is 9.95. The lowest BCUT2D eigenvalue weighted by atomic mass is 10.1. The molecule has 0 atom stereocenters. The van der Waals surface area contributed by atoms with Gasteiger partial charge in [0, 0.05) is 16.8 Å². The molecule has 1 aromatic carbocycles. The van der Waals surface area contributed by atoms with Gasteiger partial charge >= 0.3 is 0 Å². The van der Waals surface area contributed by atoms with Crippen molar-refractivity contribution in [2.45, 2.75) is 6.92 Å². The summed E-state index contributed by atoms with van der Waals surface area (Å²) in [6.45, 7) is 2.00. The molecule has 82 valence electrons. The van der Waals surface area contributed by atoms with Crippen LogP contribution in [0.1, 0.15) is 5.56 Å². The Labute approximate surface area is 99.9 Å². The first-order valence-electron chi connectivity index (χ1n) is 4.97. The van der Waals surface area contributed by atoms with Crippen LogP contribution >= 0.6 is 11.6 Å². The summed E-state index contributed by atoms with van der Waals surface area (Å²) in [6, 6.07) is 9.70. The lowest BCUT2D eigenvalue weighted by Gasteiger charge is -2.08. The molecule has 2 aromatic rings. The Balaban J connectivity index is 2.58. The lowest BCUT2D eigenvalue weighted by Crippen LogP contribution is -1.92. The number of hydrogen-bond acceptors (Lipinski definition) is 2. The van der Waals surface area contributed by atoms with Gasteiger partial charge < -0.3 is 4.74 Å². The number of halogens is 1. The van der Waals surface area contributed by atoms with E-state index in [1.807, 2.05) is 37.3 Å². The number of methoxy groups -OCH3 is 1. The summed E-state index contributed by atoms with van der Waals surface area (Å²) in [4.78, 5) is 4.24. The van der Waals surface area contributed by atoms with Crippen LogP contribution in [-0.4, -0.2) is 12.1 Å². The topological polar surface area (TPSA) is 22.1 Å². The van der Waals surface area contributed by atoms with E-state index < -0.39 is 0 Å². The highest BCUT2D eigenvalue weighted by Gasteiger charge is 2.07. The maximum atomic E-state index is 5.97. The van der Waals surface area contributed by atoms with Gasteiger partial charge in [0.1, 0.15) is 0 Å². The molecule has 0 fully saturated rings. The van der Waals surface area contributed by atoms with E-state index >= 15 is 0 Å². The third-order valence-electron chi connectivity index (χ3n) is 2.32. The fraction of sp³-hybridized carbons (Fsp3) is 0.154. The average molecular weight is 234 g/mol. The van der Waals surface area contributed by atoms with Gasteiger partial charge in [-0.15, -0.1) is 0 Å². The van der Waals surface area contributed by atoms with Crippen molar-refractivity contribution in [3.8, 4) is 17.0 Å². The van der Waals surface area contributed by atoms with Crippen molar-refractivity contribution in [2.75, 3.05) is 7.11 Å². The molecule has 0 amide bonds. The van der Waals surface area contributed by atoms with Gasteiger partial charge in [0.2, 0.25) is 5.88 Å². The molecule has 0 aliphatic heterocycles. The molecule has 0 saturated carbocycles. The van der Waals surface area contributed by atoms with Gasteiger partial charge in [0.05, 0.1) is 7.11 Å². The quantitative estimate of drug-likeness (QED) is 0.789. The standard InChI is InChI=1S/C13H12ClNO/c1-9-6-12(13(16-2)15-8-9)10-4-3-5-11(14)7-10/h3-8H,1-2H3. The Kier molecular flexibility index (Phi) is 3.11. The second-order valence-corrected chi connectivity index (χ2v) is 4.02. The van der Waals surface area contributed by atoms with Crippen LogP contribution in [0.25, 0.3) is 11.1 Å². The molecule has 0 aliphatic carbocycles. The summed E-state index contributed by atoms with van der Waals surface area (Å²) in [5.41, 5.74) is 3.07. The van der Waals surface area contributed by atoms with Crippen LogP contribution in [0.15, 0.2) is 36.5 Å². The molecule has 0 radical (unpaired) electrons. The lowest BCUT2D eigenvalue weighted by molar-refractivity contribution is 0.399. The summed E-state index contributed by atoms with van der Waals surface area (Å²) < 4.78 is 5.24. The van der Waals surface area contributed by atoms with E-state index in [0.717, 1.165) is 16.7 Å². The largest absolute Gasteiger partial charge is 0.481 e. The minimum Gasteiger partial charge on any atom is -0.481 e. The van der Waals surface area contributed by atoms with E-state index in [1.165, 1.54) is 0 Å². The number of nitrogens with zero attached hydrogens (tertiary/aromatic N) is 1. The van der Waals surface area contributed by atoms with Crippen LogP contribution in [0.5, 0.6) is 5.88 Å². The van der Waals surface area contributed by atoms with E-state index in [-0.39, 0.29) is 0 Å². The van der Waals surface area contributed by atoms with Crippen LogP contribution in [0.3, 0.4) is 0 Å². The molecule has 16 heavy (non-hydrogen) atoms. The van der Waals surface area contributed by atoms with Gasteiger partial charge in [-0.25, -0.2) is 4.98 Å². The fourth-order valence-electron chi connectivity index (χ4n) is 1.58. The smallest absolute Gasteiger partial charge is 0.221 e. The summed E-state index contributed by atoms with van der Waals surface area (Å²) >= 11 is 5.97. The van der Waals surface area contributed by atoms with Crippen molar-refractivity contribution in [1.82, 2.24) is 4.98 Å². The minimum absolute atomic E-state index is 0.618. The number of aryl methyl sites for hydroxylation is 1. The summed E-state index contributed by atoms with van der Waals surface area (Å²) in [5, 5.41) is 0.709.